The zero-order chi connectivity index (χ0) is 13.9. The van der Waals surface area contributed by atoms with Gasteiger partial charge in [-0.05, 0) is 41.7 Å². The summed E-state index contributed by atoms with van der Waals surface area (Å²) in [5.74, 6) is 0.707. The van der Waals surface area contributed by atoms with E-state index >= 15 is 0 Å². The van der Waals surface area contributed by atoms with Crippen LogP contribution in [0, 0.1) is 0 Å². The predicted molar refractivity (Wildman–Crippen MR) is 79.0 cm³/mol. The minimum absolute atomic E-state index is 0.193. The largest absolute Gasteiger partial charge is 0.504 e. The summed E-state index contributed by atoms with van der Waals surface area (Å²) in [5, 5.41) is 13.4. The van der Waals surface area contributed by atoms with Crippen molar-refractivity contribution in [1.82, 2.24) is 5.32 Å². The number of phenols is 1. The summed E-state index contributed by atoms with van der Waals surface area (Å²) < 4.78 is 5.05. The molecule has 3 nitrogen and oxygen atoms in total. The predicted octanol–water partition coefficient (Wildman–Crippen LogP) is 3.18. The molecule has 104 valence electrons. The Labute approximate surface area is 119 Å². The average Bonchev–Trinajstić information content (AvgIpc) is 2.88. The zero-order valence-electron chi connectivity index (χ0n) is 11.6. The highest BCUT2D eigenvalue weighted by Crippen LogP contribution is 2.31. The number of aryl methyl sites for hydroxylation is 1. The molecule has 1 aliphatic rings. The van der Waals surface area contributed by atoms with Gasteiger partial charge in [-0.3, -0.25) is 0 Å². The van der Waals surface area contributed by atoms with Gasteiger partial charge in [0.25, 0.3) is 0 Å². The van der Waals surface area contributed by atoms with Gasteiger partial charge in [0.2, 0.25) is 0 Å². The number of aromatic hydroxyl groups is 1. The summed E-state index contributed by atoms with van der Waals surface area (Å²) in [6, 6.07) is 14.5. The number of hydrogen-bond acceptors (Lipinski definition) is 3. The maximum atomic E-state index is 9.79. The Kier molecular flexibility index (Phi) is 3.61. The van der Waals surface area contributed by atoms with Crippen LogP contribution in [-0.2, 0) is 13.0 Å². The third-order valence-corrected chi connectivity index (χ3v) is 3.93. The second-order valence-electron chi connectivity index (χ2n) is 5.18. The summed E-state index contributed by atoms with van der Waals surface area (Å²) in [7, 11) is 1.56. The standard InChI is InChI=1S/C17H19NO2/c1-20-17-9-6-12(10-16(17)19)11-18-15-8-7-13-4-2-3-5-14(13)15/h2-6,9-10,15,18-19H,7-8,11H2,1H3. The molecule has 0 heterocycles. The first-order valence-corrected chi connectivity index (χ1v) is 6.95. The van der Waals surface area contributed by atoms with Crippen molar-refractivity contribution < 1.29 is 9.84 Å². The second-order valence-corrected chi connectivity index (χ2v) is 5.18. The molecule has 2 N–H and O–H groups in total. The Morgan fingerprint density at radius 2 is 2.10 bits per heavy atom. The summed E-state index contributed by atoms with van der Waals surface area (Å²) in [4.78, 5) is 0. The van der Waals surface area contributed by atoms with E-state index < -0.39 is 0 Å². The van der Waals surface area contributed by atoms with Gasteiger partial charge in [0.05, 0.1) is 7.11 Å². The second kappa shape index (κ2) is 5.55. The van der Waals surface area contributed by atoms with Crippen LogP contribution >= 0.6 is 0 Å². The number of ether oxygens (including phenoxy) is 1. The van der Waals surface area contributed by atoms with Gasteiger partial charge < -0.3 is 15.2 Å². The Balaban J connectivity index is 1.67. The van der Waals surface area contributed by atoms with E-state index in [1.54, 1.807) is 19.2 Å². The molecule has 0 saturated heterocycles. The van der Waals surface area contributed by atoms with E-state index in [-0.39, 0.29) is 5.75 Å². The lowest BCUT2D eigenvalue weighted by Gasteiger charge is -2.14. The molecule has 0 amide bonds. The molecule has 0 saturated carbocycles. The lowest BCUT2D eigenvalue weighted by Crippen LogP contribution is -2.18. The molecule has 20 heavy (non-hydrogen) atoms. The van der Waals surface area contributed by atoms with Gasteiger partial charge in [0.15, 0.2) is 11.5 Å². The highest BCUT2D eigenvalue weighted by molar-refractivity contribution is 5.42. The minimum atomic E-state index is 0.193. The van der Waals surface area contributed by atoms with E-state index in [1.165, 1.54) is 11.1 Å². The fourth-order valence-corrected chi connectivity index (χ4v) is 2.86. The molecule has 2 aromatic carbocycles. The molecule has 0 aromatic heterocycles. The minimum Gasteiger partial charge on any atom is -0.504 e. The van der Waals surface area contributed by atoms with Crippen LogP contribution in [-0.4, -0.2) is 12.2 Å². The SMILES string of the molecule is COc1ccc(CNC2CCc3ccccc32)cc1O. The van der Waals surface area contributed by atoms with Crippen molar-refractivity contribution in [2.45, 2.75) is 25.4 Å². The van der Waals surface area contributed by atoms with Gasteiger partial charge in [-0.15, -0.1) is 0 Å². The first kappa shape index (κ1) is 13.0. The lowest BCUT2D eigenvalue weighted by molar-refractivity contribution is 0.372. The smallest absolute Gasteiger partial charge is 0.160 e. The maximum Gasteiger partial charge on any atom is 0.160 e. The molecule has 0 spiro atoms. The Morgan fingerprint density at radius 3 is 2.90 bits per heavy atom. The molecule has 0 radical (unpaired) electrons. The zero-order valence-corrected chi connectivity index (χ0v) is 11.6. The molecular weight excluding hydrogens is 250 g/mol. The van der Waals surface area contributed by atoms with Crippen molar-refractivity contribution in [3.05, 3.63) is 59.2 Å². The third-order valence-electron chi connectivity index (χ3n) is 3.93. The topological polar surface area (TPSA) is 41.5 Å². The van der Waals surface area contributed by atoms with Gasteiger partial charge in [-0.1, -0.05) is 30.3 Å². The van der Waals surface area contributed by atoms with Crippen LogP contribution in [0.4, 0.5) is 0 Å². The Morgan fingerprint density at radius 1 is 1.25 bits per heavy atom. The summed E-state index contributed by atoms with van der Waals surface area (Å²) in [6.07, 6.45) is 2.28. The third kappa shape index (κ3) is 2.49. The van der Waals surface area contributed by atoms with E-state index in [4.69, 9.17) is 4.74 Å². The van der Waals surface area contributed by atoms with Gasteiger partial charge >= 0.3 is 0 Å². The van der Waals surface area contributed by atoms with Gasteiger partial charge in [0.1, 0.15) is 0 Å². The van der Waals surface area contributed by atoms with Crippen molar-refractivity contribution in [3.63, 3.8) is 0 Å². The normalized spacial score (nSPS) is 16.9. The Bertz CT molecular complexity index is 610. The van der Waals surface area contributed by atoms with Crippen LogP contribution in [0.5, 0.6) is 11.5 Å². The quantitative estimate of drug-likeness (QED) is 0.895. The van der Waals surface area contributed by atoms with E-state index in [1.807, 2.05) is 6.07 Å². The Hall–Kier alpha value is -2.00. The molecule has 0 fully saturated rings. The number of benzene rings is 2. The van der Waals surface area contributed by atoms with Crippen LogP contribution in [0.2, 0.25) is 0 Å². The average molecular weight is 269 g/mol. The number of phenolic OH excluding ortho intramolecular Hbond substituents is 1. The highest BCUT2D eigenvalue weighted by atomic mass is 16.5. The molecule has 0 bridgehead atoms. The number of fused-ring (bicyclic) bond motifs is 1. The molecule has 1 aliphatic carbocycles. The number of methoxy groups -OCH3 is 1. The van der Waals surface area contributed by atoms with Crippen molar-refractivity contribution in [1.29, 1.82) is 0 Å². The van der Waals surface area contributed by atoms with Crippen molar-refractivity contribution in [2.24, 2.45) is 0 Å². The van der Waals surface area contributed by atoms with Crippen LogP contribution < -0.4 is 10.1 Å². The number of nitrogens with one attached hydrogen (secondary N) is 1. The van der Waals surface area contributed by atoms with Crippen molar-refractivity contribution in [2.75, 3.05) is 7.11 Å². The summed E-state index contributed by atoms with van der Waals surface area (Å²) in [6.45, 7) is 0.747. The molecule has 1 atom stereocenters. The van der Waals surface area contributed by atoms with E-state index in [9.17, 15) is 5.11 Å². The van der Waals surface area contributed by atoms with Crippen LogP contribution in [0.15, 0.2) is 42.5 Å². The maximum absolute atomic E-state index is 9.79. The van der Waals surface area contributed by atoms with E-state index in [0.717, 1.165) is 24.9 Å². The molecule has 2 aromatic rings. The summed E-state index contributed by atoms with van der Waals surface area (Å²) >= 11 is 0. The molecule has 1 unspecified atom stereocenters. The number of rotatable bonds is 4. The lowest BCUT2D eigenvalue weighted by atomic mass is 10.1. The first-order chi connectivity index (χ1) is 9.78. The molecule has 3 heteroatoms. The molecule has 0 aliphatic heterocycles. The molecule has 3 rings (SSSR count). The van der Waals surface area contributed by atoms with Gasteiger partial charge in [0, 0.05) is 12.6 Å². The first-order valence-electron chi connectivity index (χ1n) is 6.95. The number of hydrogen-bond donors (Lipinski definition) is 2. The van der Waals surface area contributed by atoms with Gasteiger partial charge in [-0.25, -0.2) is 0 Å². The summed E-state index contributed by atoms with van der Waals surface area (Å²) in [5.41, 5.74) is 3.92. The highest BCUT2D eigenvalue weighted by Gasteiger charge is 2.21. The van der Waals surface area contributed by atoms with Crippen LogP contribution in [0.1, 0.15) is 29.2 Å². The molecular formula is C17H19NO2. The van der Waals surface area contributed by atoms with Crippen molar-refractivity contribution >= 4 is 0 Å². The van der Waals surface area contributed by atoms with Crippen LogP contribution in [0.25, 0.3) is 0 Å². The van der Waals surface area contributed by atoms with Gasteiger partial charge in [-0.2, -0.15) is 0 Å². The van der Waals surface area contributed by atoms with Crippen molar-refractivity contribution in [3.8, 4) is 11.5 Å². The van der Waals surface area contributed by atoms with E-state index in [0.29, 0.717) is 11.8 Å². The fourth-order valence-electron chi connectivity index (χ4n) is 2.86. The monoisotopic (exact) mass is 269 g/mol. The van der Waals surface area contributed by atoms with E-state index in [2.05, 4.69) is 29.6 Å². The van der Waals surface area contributed by atoms with Crippen LogP contribution in [0.3, 0.4) is 0 Å². The fraction of sp³-hybridized carbons (Fsp3) is 0.294.